The number of β-amino-alcohol motifs (C(OH)–C–C–N with tert-alkyl or cyclic N) is 1. The fourth-order valence-corrected chi connectivity index (χ4v) is 2.23. The number of carbonyl (C=O) groups excluding carboxylic acids is 1. The SMILES string of the molecule is CN(C)CC1CC(O)CN1C(=O)CNC(C)(C)C. The van der Waals surface area contributed by atoms with Crippen LogP contribution >= 0.6 is 0 Å². The van der Waals surface area contributed by atoms with Gasteiger partial charge in [0.1, 0.15) is 0 Å². The lowest BCUT2D eigenvalue weighted by molar-refractivity contribution is -0.131. The molecule has 0 aromatic rings. The first-order valence-electron chi connectivity index (χ1n) is 6.56. The van der Waals surface area contributed by atoms with Crippen LogP contribution in [0.15, 0.2) is 0 Å². The summed E-state index contributed by atoms with van der Waals surface area (Å²) in [6.45, 7) is 7.71. The largest absolute Gasteiger partial charge is 0.391 e. The van der Waals surface area contributed by atoms with Gasteiger partial charge in [-0.1, -0.05) is 0 Å². The molecule has 1 rings (SSSR count). The number of rotatable bonds is 4. The van der Waals surface area contributed by atoms with Gasteiger partial charge in [0.2, 0.25) is 5.91 Å². The van der Waals surface area contributed by atoms with Gasteiger partial charge < -0.3 is 20.2 Å². The van der Waals surface area contributed by atoms with E-state index in [0.29, 0.717) is 19.5 Å². The zero-order valence-corrected chi connectivity index (χ0v) is 12.2. The van der Waals surface area contributed by atoms with Crippen molar-refractivity contribution >= 4 is 5.91 Å². The molecule has 1 fully saturated rings. The Balaban J connectivity index is 2.54. The van der Waals surface area contributed by atoms with Gasteiger partial charge in [0.05, 0.1) is 12.6 Å². The zero-order valence-electron chi connectivity index (χ0n) is 12.2. The molecule has 2 unspecified atom stereocenters. The maximum Gasteiger partial charge on any atom is 0.236 e. The molecule has 0 aliphatic carbocycles. The fourth-order valence-electron chi connectivity index (χ4n) is 2.23. The van der Waals surface area contributed by atoms with E-state index in [-0.39, 0.29) is 23.6 Å². The number of hydrogen-bond donors (Lipinski definition) is 2. The van der Waals surface area contributed by atoms with Crippen LogP contribution in [0.3, 0.4) is 0 Å². The van der Waals surface area contributed by atoms with E-state index >= 15 is 0 Å². The van der Waals surface area contributed by atoms with Crippen molar-refractivity contribution in [3.63, 3.8) is 0 Å². The first kappa shape index (κ1) is 15.4. The van der Waals surface area contributed by atoms with Gasteiger partial charge in [0, 0.05) is 24.7 Å². The normalized spacial score (nSPS) is 24.9. The average Bonchev–Trinajstić information content (AvgIpc) is 2.53. The van der Waals surface area contributed by atoms with Gasteiger partial charge in [-0.3, -0.25) is 4.79 Å². The van der Waals surface area contributed by atoms with Gasteiger partial charge in [-0.2, -0.15) is 0 Å². The second kappa shape index (κ2) is 5.99. The van der Waals surface area contributed by atoms with Crippen molar-refractivity contribution in [2.75, 3.05) is 33.7 Å². The molecule has 0 radical (unpaired) electrons. The number of aliphatic hydroxyl groups is 1. The van der Waals surface area contributed by atoms with E-state index in [0.717, 1.165) is 6.54 Å². The predicted octanol–water partition coefficient (Wildman–Crippen LogP) is -0.102. The number of likely N-dealkylation sites (N-methyl/N-ethyl adjacent to an activating group) is 1. The molecule has 1 amide bonds. The van der Waals surface area contributed by atoms with E-state index in [1.807, 2.05) is 39.8 Å². The molecule has 18 heavy (non-hydrogen) atoms. The third-order valence-corrected chi connectivity index (χ3v) is 3.06. The van der Waals surface area contributed by atoms with E-state index in [2.05, 4.69) is 10.2 Å². The minimum Gasteiger partial charge on any atom is -0.391 e. The molecule has 1 heterocycles. The Morgan fingerprint density at radius 1 is 1.44 bits per heavy atom. The third kappa shape index (κ3) is 4.92. The average molecular weight is 257 g/mol. The lowest BCUT2D eigenvalue weighted by Gasteiger charge is -2.28. The van der Waals surface area contributed by atoms with Gasteiger partial charge in [-0.15, -0.1) is 0 Å². The van der Waals surface area contributed by atoms with Crippen LogP contribution in [0.4, 0.5) is 0 Å². The summed E-state index contributed by atoms with van der Waals surface area (Å²) in [4.78, 5) is 16.0. The summed E-state index contributed by atoms with van der Waals surface area (Å²) >= 11 is 0. The van der Waals surface area contributed by atoms with Crippen LogP contribution in [0.1, 0.15) is 27.2 Å². The fraction of sp³-hybridized carbons (Fsp3) is 0.923. The molecule has 5 nitrogen and oxygen atoms in total. The number of likely N-dealkylation sites (tertiary alicyclic amines) is 1. The highest BCUT2D eigenvalue weighted by Crippen LogP contribution is 2.18. The van der Waals surface area contributed by atoms with Gasteiger partial charge in [0.15, 0.2) is 0 Å². The molecule has 2 N–H and O–H groups in total. The number of aliphatic hydroxyl groups excluding tert-OH is 1. The first-order chi connectivity index (χ1) is 8.19. The van der Waals surface area contributed by atoms with Gasteiger partial charge >= 0.3 is 0 Å². The molecule has 0 spiro atoms. The van der Waals surface area contributed by atoms with Gasteiger partial charge in [0.25, 0.3) is 0 Å². The van der Waals surface area contributed by atoms with Gasteiger partial charge in [-0.05, 0) is 41.3 Å². The molecule has 0 aromatic heterocycles. The maximum atomic E-state index is 12.2. The lowest BCUT2D eigenvalue weighted by Crippen LogP contribution is -2.48. The molecule has 0 saturated carbocycles. The topological polar surface area (TPSA) is 55.8 Å². The smallest absolute Gasteiger partial charge is 0.236 e. The monoisotopic (exact) mass is 257 g/mol. The summed E-state index contributed by atoms with van der Waals surface area (Å²) in [7, 11) is 3.97. The first-order valence-corrected chi connectivity index (χ1v) is 6.56. The van der Waals surface area contributed by atoms with Crippen molar-refractivity contribution in [1.29, 1.82) is 0 Å². The standard InChI is InChI=1S/C13H27N3O2/c1-13(2,3)14-7-12(18)16-9-11(17)6-10(16)8-15(4)5/h10-11,14,17H,6-9H2,1-5H3. The summed E-state index contributed by atoms with van der Waals surface area (Å²) in [6.07, 6.45) is 0.299. The highest BCUT2D eigenvalue weighted by atomic mass is 16.3. The number of nitrogens with one attached hydrogen (secondary N) is 1. The van der Waals surface area contributed by atoms with Crippen LogP contribution in [-0.4, -0.2) is 72.2 Å². The van der Waals surface area contributed by atoms with E-state index in [1.54, 1.807) is 0 Å². The summed E-state index contributed by atoms with van der Waals surface area (Å²) in [5, 5.41) is 12.9. The summed E-state index contributed by atoms with van der Waals surface area (Å²) in [5.74, 6) is 0.0772. The number of amides is 1. The molecule has 0 bridgehead atoms. The lowest BCUT2D eigenvalue weighted by atomic mass is 10.1. The maximum absolute atomic E-state index is 12.2. The van der Waals surface area contributed by atoms with Crippen molar-refractivity contribution < 1.29 is 9.90 Å². The summed E-state index contributed by atoms with van der Waals surface area (Å²) in [5.41, 5.74) is -0.0644. The van der Waals surface area contributed by atoms with Crippen LogP contribution in [0.2, 0.25) is 0 Å². The highest BCUT2D eigenvalue weighted by Gasteiger charge is 2.34. The van der Waals surface area contributed by atoms with Crippen molar-refractivity contribution in [3.05, 3.63) is 0 Å². The van der Waals surface area contributed by atoms with Crippen LogP contribution in [0.25, 0.3) is 0 Å². The van der Waals surface area contributed by atoms with E-state index in [4.69, 9.17) is 0 Å². The van der Waals surface area contributed by atoms with Crippen molar-refractivity contribution in [2.24, 2.45) is 0 Å². The van der Waals surface area contributed by atoms with Crippen LogP contribution in [0, 0.1) is 0 Å². The Labute approximate surface area is 110 Å². The second-order valence-electron chi connectivity index (χ2n) is 6.46. The van der Waals surface area contributed by atoms with E-state index < -0.39 is 0 Å². The molecular formula is C13H27N3O2. The number of carbonyl (C=O) groups is 1. The summed E-state index contributed by atoms with van der Waals surface area (Å²) < 4.78 is 0. The Morgan fingerprint density at radius 3 is 2.56 bits per heavy atom. The van der Waals surface area contributed by atoms with Crippen LogP contribution < -0.4 is 5.32 Å². The molecule has 106 valence electrons. The minimum atomic E-state index is -0.381. The van der Waals surface area contributed by atoms with E-state index in [1.165, 1.54) is 0 Å². The second-order valence-corrected chi connectivity index (χ2v) is 6.46. The quantitative estimate of drug-likeness (QED) is 0.738. The Kier molecular flexibility index (Phi) is 5.13. The molecule has 1 aliphatic heterocycles. The van der Waals surface area contributed by atoms with Crippen molar-refractivity contribution in [3.8, 4) is 0 Å². The van der Waals surface area contributed by atoms with E-state index in [9.17, 15) is 9.90 Å². The Bertz CT molecular complexity index is 286. The predicted molar refractivity (Wildman–Crippen MR) is 72.4 cm³/mol. The number of hydrogen-bond acceptors (Lipinski definition) is 4. The molecular weight excluding hydrogens is 230 g/mol. The zero-order chi connectivity index (χ0) is 13.9. The van der Waals surface area contributed by atoms with Crippen LogP contribution in [0.5, 0.6) is 0 Å². The molecule has 1 aliphatic rings. The Morgan fingerprint density at radius 2 is 2.06 bits per heavy atom. The molecule has 5 heteroatoms. The molecule has 0 aromatic carbocycles. The third-order valence-electron chi connectivity index (χ3n) is 3.06. The summed E-state index contributed by atoms with van der Waals surface area (Å²) in [6, 6.07) is 0.129. The minimum absolute atomic E-state index is 0.0644. The van der Waals surface area contributed by atoms with Gasteiger partial charge in [-0.25, -0.2) is 0 Å². The molecule has 1 saturated heterocycles. The Hall–Kier alpha value is -0.650. The van der Waals surface area contributed by atoms with Crippen LogP contribution in [-0.2, 0) is 4.79 Å². The molecule has 2 atom stereocenters. The van der Waals surface area contributed by atoms with Crippen molar-refractivity contribution in [1.82, 2.24) is 15.1 Å². The number of nitrogens with zero attached hydrogens (tertiary/aromatic N) is 2. The van der Waals surface area contributed by atoms with Crippen molar-refractivity contribution in [2.45, 2.75) is 44.9 Å². The highest BCUT2D eigenvalue weighted by molar-refractivity contribution is 5.79.